The molecule has 1 aliphatic carbocycles. The van der Waals surface area contributed by atoms with Crippen LogP contribution in [-0.2, 0) is 19.1 Å². The number of fused-ring (bicyclic) bond motifs is 1. The van der Waals surface area contributed by atoms with Crippen LogP contribution in [0.3, 0.4) is 0 Å². The van der Waals surface area contributed by atoms with Gasteiger partial charge in [-0.1, -0.05) is 55.5 Å². The van der Waals surface area contributed by atoms with E-state index in [0.29, 0.717) is 17.7 Å². The maximum atomic E-state index is 14.5. The van der Waals surface area contributed by atoms with Crippen LogP contribution in [0.1, 0.15) is 69.7 Å². The van der Waals surface area contributed by atoms with E-state index in [4.69, 9.17) is 10.5 Å². The molecule has 0 aromatic heterocycles. The summed E-state index contributed by atoms with van der Waals surface area (Å²) in [5.74, 6) is -1.30. The average Bonchev–Trinajstić information content (AvgIpc) is 3.65. The summed E-state index contributed by atoms with van der Waals surface area (Å²) in [6, 6.07) is 16.9. The fourth-order valence-corrected chi connectivity index (χ4v) is 5.31. The molecule has 1 saturated carbocycles. The van der Waals surface area contributed by atoms with Crippen LogP contribution < -0.4 is 16.4 Å². The van der Waals surface area contributed by atoms with Crippen LogP contribution in [0.5, 0.6) is 0 Å². The highest BCUT2D eigenvalue weighted by Crippen LogP contribution is 2.42. The Balaban J connectivity index is 1.75. The zero-order chi connectivity index (χ0) is 31.5. The highest BCUT2D eigenvalue weighted by Gasteiger charge is 2.48. The van der Waals surface area contributed by atoms with Gasteiger partial charge in [-0.25, -0.2) is 4.79 Å². The molecule has 0 spiro atoms. The van der Waals surface area contributed by atoms with E-state index >= 15 is 0 Å². The van der Waals surface area contributed by atoms with Crippen LogP contribution in [0.15, 0.2) is 60.7 Å². The van der Waals surface area contributed by atoms with Crippen molar-refractivity contribution in [2.45, 2.75) is 84.5 Å². The van der Waals surface area contributed by atoms with Crippen LogP contribution in [0.2, 0.25) is 0 Å². The Morgan fingerprint density at radius 3 is 2.30 bits per heavy atom. The molecular formula is C34H42N4O5. The lowest BCUT2D eigenvalue weighted by atomic mass is 9.94. The maximum absolute atomic E-state index is 14.5. The Kier molecular flexibility index (Phi) is 9.43. The Bertz CT molecular complexity index is 1530. The summed E-state index contributed by atoms with van der Waals surface area (Å²) >= 11 is 0. The number of primary amides is 1. The molecule has 0 radical (unpaired) electrons. The van der Waals surface area contributed by atoms with Crippen LogP contribution in [0.4, 0.5) is 10.5 Å². The van der Waals surface area contributed by atoms with Crippen LogP contribution in [-0.4, -0.2) is 46.4 Å². The number of anilines is 1. The largest absolute Gasteiger partial charge is 0.444 e. The predicted molar refractivity (Wildman–Crippen MR) is 167 cm³/mol. The zero-order valence-electron chi connectivity index (χ0n) is 25.8. The lowest BCUT2D eigenvalue weighted by molar-refractivity contribution is -0.142. The summed E-state index contributed by atoms with van der Waals surface area (Å²) in [6.07, 6.45) is -0.247. The average molecular weight is 587 g/mol. The topological polar surface area (TPSA) is 131 Å². The lowest BCUT2D eigenvalue weighted by Crippen LogP contribution is -2.53. The summed E-state index contributed by atoms with van der Waals surface area (Å²) in [5.41, 5.74) is 7.80. The van der Waals surface area contributed by atoms with Crippen molar-refractivity contribution in [2.24, 2.45) is 11.7 Å². The second-order valence-electron chi connectivity index (χ2n) is 12.5. The van der Waals surface area contributed by atoms with Crippen molar-refractivity contribution in [1.82, 2.24) is 10.2 Å². The van der Waals surface area contributed by atoms with Crippen LogP contribution in [0.25, 0.3) is 10.8 Å². The smallest absolute Gasteiger partial charge is 0.408 e. The quantitative estimate of drug-likeness (QED) is 0.287. The second-order valence-corrected chi connectivity index (χ2v) is 12.5. The molecule has 0 heterocycles. The van der Waals surface area contributed by atoms with E-state index in [-0.39, 0.29) is 30.7 Å². The molecule has 9 nitrogen and oxygen atoms in total. The number of aryl methyl sites for hydroxylation is 1. The number of ether oxygens (including phenoxy) is 1. The fourth-order valence-electron chi connectivity index (χ4n) is 5.31. The molecule has 4 atom stereocenters. The minimum absolute atomic E-state index is 0.0309. The Morgan fingerprint density at radius 2 is 1.67 bits per heavy atom. The molecule has 3 aromatic rings. The third-order valence-electron chi connectivity index (χ3n) is 7.83. The molecule has 3 aromatic carbocycles. The van der Waals surface area contributed by atoms with E-state index in [0.717, 1.165) is 21.9 Å². The van der Waals surface area contributed by atoms with Crippen molar-refractivity contribution in [2.75, 3.05) is 5.32 Å². The van der Waals surface area contributed by atoms with Gasteiger partial charge in [-0.15, -0.1) is 0 Å². The van der Waals surface area contributed by atoms with Gasteiger partial charge in [-0.2, -0.15) is 0 Å². The first kappa shape index (κ1) is 31.5. The number of rotatable bonds is 10. The molecular weight excluding hydrogens is 544 g/mol. The summed E-state index contributed by atoms with van der Waals surface area (Å²) < 4.78 is 5.43. The third kappa shape index (κ3) is 7.91. The molecule has 43 heavy (non-hydrogen) atoms. The standard InChI is InChI=1S/C34H42N4O5/c1-20-10-9-13-26(22(20)3)30(31(40)36-25-15-14-23-11-7-8-12-24(23)19-25)38(28-18-21(28)2)32(41)27(16-17-29(35)39)37-33(42)43-34(4,5)6/h7-15,19,21,27-28,30H,16-18H2,1-6H3,(H2,35,39)(H,36,40)(H,37,42). The molecule has 4 unspecified atom stereocenters. The summed E-state index contributed by atoms with van der Waals surface area (Å²) in [5, 5.41) is 7.72. The first-order chi connectivity index (χ1) is 20.2. The number of hydrogen-bond acceptors (Lipinski definition) is 5. The first-order valence-electron chi connectivity index (χ1n) is 14.7. The summed E-state index contributed by atoms with van der Waals surface area (Å²) in [4.78, 5) is 54.9. The highest BCUT2D eigenvalue weighted by atomic mass is 16.6. The fraction of sp³-hybridized carbons (Fsp3) is 0.412. The number of carbonyl (C=O) groups is 4. The molecule has 1 fully saturated rings. The predicted octanol–water partition coefficient (Wildman–Crippen LogP) is 5.53. The number of hydrogen-bond donors (Lipinski definition) is 3. The Morgan fingerprint density at radius 1 is 1.00 bits per heavy atom. The number of benzene rings is 3. The van der Waals surface area contributed by atoms with Gasteiger partial charge in [0.25, 0.3) is 5.91 Å². The van der Waals surface area contributed by atoms with Crippen molar-refractivity contribution < 1.29 is 23.9 Å². The molecule has 0 saturated heterocycles. The first-order valence-corrected chi connectivity index (χ1v) is 14.7. The van der Waals surface area contributed by atoms with Crippen LogP contribution >= 0.6 is 0 Å². The molecule has 228 valence electrons. The van der Waals surface area contributed by atoms with Gasteiger partial charge in [0.15, 0.2) is 0 Å². The molecule has 1 aliphatic rings. The minimum Gasteiger partial charge on any atom is -0.444 e. The number of carbonyl (C=O) groups excluding carboxylic acids is 4. The maximum Gasteiger partial charge on any atom is 0.408 e. The normalized spacial score (nSPS) is 17.4. The van der Waals surface area contributed by atoms with Gasteiger partial charge in [0.2, 0.25) is 11.8 Å². The second kappa shape index (κ2) is 12.9. The molecule has 9 heteroatoms. The number of alkyl carbamates (subject to hydrolysis) is 1. The summed E-state index contributed by atoms with van der Waals surface area (Å²) in [6.45, 7) is 11.1. The zero-order valence-corrected chi connectivity index (χ0v) is 25.8. The number of nitrogens with two attached hydrogens (primary N) is 1. The van der Waals surface area contributed by atoms with E-state index in [1.54, 1.807) is 25.7 Å². The van der Waals surface area contributed by atoms with Crippen molar-refractivity contribution in [3.63, 3.8) is 0 Å². The van der Waals surface area contributed by atoms with Crippen molar-refractivity contribution in [3.8, 4) is 0 Å². The number of nitrogens with one attached hydrogen (secondary N) is 2. The van der Waals surface area contributed by atoms with E-state index < -0.39 is 35.6 Å². The summed E-state index contributed by atoms with van der Waals surface area (Å²) in [7, 11) is 0. The lowest BCUT2D eigenvalue weighted by Gasteiger charge is -2.36. The number of nitrogens with zero attached hydrogens (tertiary/aromatic N) is 1. The molecule has 0 aliphatic heterocycles. The van der Waals surface area contributed by atoms with Gasteiger partial charge in [-0.05, 0) is 93.0 Å². The third-order valence-corrected chi connectivity index (χ3v) is 7.83. The SMILES string of the molecule is Cc1cccc(C(C(=O)Nc2ccc3ccccc3c2)N(C(=O)C(CCC(N)=O)NC(=O)OC(C)(C)C)C2CC2C)c1C. The van der Waals surface area contributed by atoms with Gasteiger partial charge in [0.05, 0.1) is 0 Å². The van der Waals surface area contributed by atoms with E-state index in [2.05, 4.69) is 10.6 Å². The van der Waals surface area contributed by atoms with Gasteiger partial charge in [0, 0.05) is 18.2 Å². The van der Waals surface area contributed by atoms with Crippen LogP contribution in [0, 0.1) is 19.8 Å². The molecule has 4 rings (SSSR count). The molecule has 0 bridgehead atoms. The Hall–Kier alpha value is -4.40. The molecule has 4 N–H and O–H groups in total. The molecule has 4 amide bonds. The van der Waals surface area contributed by atoms with Gasteiger partial charge < -0.3 is 26.0 Å². The van der Waals surface area contributed by atoms with Gasteiger partial charge in [-0.3, -0.25) is 14.4 Å². The van der Waals surface area contributed by atoms with Crippen molar-refractivity contribution >= 4 is 40.3 Å². The van der Waals surface area contributed by atoms with E-state index in [1.165, 1.54) is 0 Å². The van der Waals surface area contributed by atoms with Crippen molar-refractivity contribution in [1.29, 1.82) is 0 Å². The number of amides is 4. The van der Waals surface area contributed by atoms with Gasteiger partial charge >= 0.3 is 6.09 Å². The minimum atomic E-state index is -1.13. The van der Waals surface area contributed by atoms with Crippen molar-refractivity contribution in [3.05, 3.63) is 77.4 Å². The monoisotopic (exact) mass is 586 g/mol. The highest BCUT2D eigenvalue weighted by molar-refractivity contribution is 6.01. The van der Waals surface area contributed by atoms with Gasteiger partial charge in [0.1, 0.15) is 17.7 Å². The van der Waals surface area contributed by atoms with E-state index in [9.17, 15) is 19.2 Å². The van der Waals surface area contributed by atoms with E-state index in [1.807, 2.05) is 81.4 Å². The Labute approximate surface area is 253 Å².